The number of benzene rings is 1. The number of hydrogen-bond acceptors (Lipinski definition) is 5. The van der Waals surface area contributed by atoms with Gasteiger partial charge in [-0.3, -0.25) is 0 Å². The topological polar surface area (TPSA) is 48.4 Å². The summed E-state index contributed by atoms with van der Waals surface area (Å²) >= 11 is 1.05. The maximum atomic E-state index is 12.3. The third kappa shape index (κ3) is 3.05. The number of hydrogen-bond donors (Lipinski definition) is 0. The largest absolute Gasteiger partial charge is 0.465 e. The molecular weight excluding hydrogens is 276 g/mol. The van der Waals surface area contributed by atoms with Crippen LogP contribution >= 0.6 is 11.3 Å². The Balaban J connectivity index is 2.36. The van der Waals surface area contributed by atoms with E-state index in [1.54, 1.807) is 18.2 Å². The first kappa shape index (κ1) is 13.4. The second-order valence-electron chi connectivity index (χ2n) is 3.40. The Morgan fingerprint density at radius 1 is 1.37 bits per heavy atom. The molecule has 7 heteroatoms. The molecule has 0 aliphatic carbocycles. The summed E-state index contributed by atoms with van der Waals surface area (Å²) in [4.78, 5) is 15.6. The van der Waals surface area contributed by atoms with Crippen molar-refractivity contribution < 1.29 is 23.0 Å². The lowest BCUT2D eigenvalue weighted by Crippen LogP contribution is -2.02. The van der Waals surface area contributed by atoms with Crippen molar-refractivity contribution in [3.05, 3.63) is 35.3 Å². The molecule has 0 amide bonds. The molecule has 0 saturated carbocycles. The number of methoxy groups -OCH3 is 1. The van der Waals surface area contributed by atoms with E-state index in [1.807, 2.05) is 0 Å². The number of carbonyl (C=O) groups excluding carboxylic acids is 1. The Morgan fingerprint density at radius 2 is 2.11 bits per heavy atom. The molecule has 0 saturated heterocycles. The highest BCUT2D eigenvalue weighted by atomic mass is 32.1. The van der Waals surface area contributed by atoms with Crippen LogP contribution < -0.4 is 4.74 Å². The Labute approximate surface area is 111 Å². The van der Waals surface area contributed by atoms with Crippen molar-refractivity contribution in [3.8, 4) is 16.3 Å². The molecule has 2 aromatic rings. The molecule has 4 nitrogen and oxygen atoms in total. The molecule has 0 radical (unpaired) electrons. The first-order valence-electron chi connectivity index (χ1n) is 5.20. The normalized spacial score (nSPS) is 10.5. The molecule has 0 fully saturated rings. The van der Waals surface area contributed by atoms with Crippen molar-refractivity contribution in [1.29, 1.82) is 0 Å². The lowest BCUT2D eigenvalue weighted by atomic mass is 10.2. The van der Waals surface area contributed by atoms with Crippen LogP contribution in [0.1, 0.15) is 9.67 Å². The second kappa shape index (κ2) is 5.75. The summed E-state index contributed by atoms with van der Waals surface area (Å²) in [5.41, 5.74) is 0.406. The van der Waals surface area contributed by atoms with E-state index < -0.39 is 12.6 Å². The molecule has 0 N–H and O–H groups in total. The molecule has 0 atom stereocenters. The van der Waals surface area contributed by atoms with Gasteiger partial charge in [-0.15, -0.1) is 11.3 Å². The predicted octanol–water partition coefficient (Wildman–Crippen LogP) is 3.20. The van der Waals surface area contributed by atoms with Gasteiger partial charge in [-0.25, -0.2) is 9.78 Å². The number of halogens is 2. The fourth-order valence-corrected chi connectivity index (χ4v) is 2.30. The van der Waals surface area contributed by atoms with Crippen LogP contribution in [-0.2, 0) is 4.74 Å². The summed E-state index contributed by atoms with van der Waals surface area (Å²) in [7, 11) is 1.26. The van der Waals surface area contributed by atoms with Gasteiger partial charge < -0.3 is 9.47 Å². The Morgan fingerprint density at radius 3 is 2.79 bits per heavy atom. The zero-order valence-corrected chi connectivity index (χ0v) is 10.6. The summed E-state index contributed by atoms with van der Waals surface area (Å²) in [6.07, 6.45) is 1.34. The van der Waals surface area contributed by atoms with E-state index in [2.05, 4.69) is 14.5 Å². The Kier molecular flexibility index (Phi) is 4.06. The Hall–Kier alpha value is -2.02. The average Bonchev–Trinajstić information content (AvgIpc) is 2.87. The molecule has 1 aromatic heterocycles. The minimum atomic E-state index is -2.92. The quantitative estimate of drug-likeness (QED) is 0.809. The highest BCUT2D eigenvalue weighted by Crippen LogP contribution is 2.33. The van der Waals surface area contributed by atoms with Crippen LogP contribution in [0.4, 0.5) is 8.78 Å². The van der Waals surface area contributed by atoms with Gasteiger partial charge in [0.05, 0.1) is 18.9 Å². The molecular formula is C12H9F2NO3S. The SMILES string of the molecule is COC(=O)c1cnc(-c2ccccc2OC(F)F)s1. The van der Waals surface area contributed by atoms with Crippen LogP contribution in [0.5, 0.6) is 5.75 Å². The summed E-state index contributed by atoms with van der Waals surface area (Å²) in [5, 5.41) is 0.414. The van der Waals surface area contributed by atoms with Crippen LogP contribution in [0.2, 0.25) is 0 Å². The van der Waals surface area contributed by atoms with Gasteiger partial charge in [-0.1, -0.05) is 12.1 Å². The lowest BCUT2D eigenvalue weighted by Gasteiger charge is -2.07. The molecule has 0 spiro atoms. The number of para-hydroxylation sites is 1. The summed E-state index contributed by atoms with van der Waals surface area (Å²) in [5.74, 6) is -0.501. The van der Waals surface area contributed by atoms with Crippen molar-refractivity contribution >= 4 is 17.3 Å². The van der Waals surface area contributed by atoms with E-state index in [9.17, 15) is 13.6 Å². The van der Waals surface area contributed by atoms with Crippen molar-refractivity contribution in [3.63, 3.8) is 0 Å². The maximum absolute atomic E-state index is 12.3. The van der Waals surface area contributed by atoms with Crippen molar-refractivity contribution in [2.75, 3.05) is 7.11 Å². The fourth-order valence-electron chi connectivity index (χ4n) is 1.44. The summed E-state index contributed by atoms with van der Waals surface area (Å²) < 4.78 is 33.6. The van der Waals surface area contributed by atoms with E-state index >= 15 is 0 Å². The number of nitrogens with zero attached hydrogens (tertiary/aromatic N) is 1. The zero-order chi connectivity index (χ0) is 13.8. The van der Waals surface area contributed by atoms with Gasteiger partial charge in [0.25, 0.3) is 0 Å². The molecule has 0 aliphatic heterocycles. The molecule has 100 valence electrons. The number of carbonyl (C=O) groups is 1. The maximum Gasteiger partial charge on any atom is 0.387 e. The summed E-state index contributed by atoms with van der Waals surface area (Å²) in [6, 6.07) is 6.27. The van der Waals surface area contributed by atoms with E-state index in [1.165, 1.54) is 19.4 Å². The molecule has 0 unspecified atom stereocenters. The molecule has 1 heterocycles. The van der Waals surface area contributed by atoms with Gasteiger partial charge in [0.15, 0.2) is 0 Å². The van der Waals surface area contributed by atoms with E-state index in [0.717, 1.165) is 11.3 Å². The smallest absolute Gasteiger partial charge is 0.387 e. The minimum Gasteiger partial charge on any atom is -0.465 e. The Bertz CT molecular complexity index is 586. The number of thiazole rings is 1. The van der Waals surface area contributed by atoms with Crippen molar-refractivity contribution in [2.45, 2.75) is 6.61 Å². The molecule has 1 aromatic carbocycles. The molecule has 2 rings (SSSR count). The summed E-state index contributed by atoms with van der Waals surface area (Å²) in [6.45, 7) is -2.92. The zero-order valence-electron chi connectivity index (χ0n) is 9.80. The van der Waals surface area contributed by atoms with Gasteiger partial charge in [0.2, 0.25) is 0 Å². The highest BCUT2D eigenvalue weighted by molar-refractivity contribution is 7.16. The van der Waals surface area contributed by atoms with Crippen LogP contribution in [0.3, 0.4) is 0 Å². The third-order valence-corrected chi connectivity index (χ3v) is 3.24. The predicted molar refractivity (Wildman–Crippen MR) is 65.5 cm³/mol. The number of aromatic nitrogens is 1. The average molecular weight is 285 g/mol. The van der Waals surface area contributed by atoms with Crippen LogP contribution in [-0.4, -0.2) is 24.7 Å². The van der Waals surface area contributed by atoms with Crippen LogP contribution in [0.25, 0.3) is 10.6 Å². The number of ether oxygens (including phenoxy) is 2. The standard InChI is InChI=1S/C12H9F2NO3S/c1-17-11(16)9-6-15-10(19-9)7-4-2-3-5-8(7)18-12(13)14/h2-6,12H,1H3. The fraction of sp³-hybridized carbons (Fsp3) is 0.167. The first-order chi connectivity index (χ1) is 9.11. The van der Waals surface area contributed by atoms with Crippen molar-refractivity contribution in [2.24, 2.45) is 0 Å². The van der Waals surface area contributed by atoms with Gasteiger partial charge in [-0.05, 0) is 12.1 Å². The van der Waals surface area contributed by atoms with Gasteiger partial charge in [-0.2, -0.15) is 8.78 Å². The van der Waals surface area contributed by atoms with E-state index in [0.29, 0.717) is 15.4 Å². The van der Waals surface area contributed by atoms with Gasteiger partial charge in [0, 0.05) is 0 Å². The minimum absolute atomic E-state index is 0.0169. The van der Waals surface area contributed by atoms with Crippen LogP contribution in [0, 0.1) is 0 Å². The monoisotopic (exact) mass is 285 g/mol. The highest BCUT2D eigenvalue weighted by Gasteiger charge is 2.16. The number of rotatable bonds is 4. The van der Waals surface area contributed by atoms with E-state index in [-0.39, 0.29) is 5.75 Å². The van der Waals surface area contributed by atoms with Crippen LogP contribution in [0.15, 0.2) is 30.5 Å². The molecule has 19 heavy (non-hydrogen) atoms. The van der Waals surface area contributed by atoms with E-state index in [4.69, 9.17) is 0 Å². The molecule has 0 aliphatic rings. The molecule has 0 bridgehead atoms. The van der Waals surface area contributed by atoms with Gasteiger partial charge in [0.1, 0.15) is 15.6 Å². The second-order valence-corrected chi connectivity index (χ2v) is 4.43. The number of esters is 1. The van der Waals surface area contributed by atoms with Crippen molar-refractivity contribution in [1.82, 2.24) is 4.98 Å². The third-order valence-electron chi connectivity index (χ3n) is 2.23. The first-order valence-corrected chi connectivity index (χ1v) is 6.02. The van der Waals surface area contributed by atoms with Gasteiger partial charge >= 0.3 is 12.6 Å². The lowest BCUT2D eigenvalue weighted by molar-refractivity contribution is -0.0494. The number of alkyl halides is 2.